The number of ether oxygens (including phenoxy) is 2. The van der Waals surface area contributed by atoms with Crippen LogP contribution in [0.1, 0.15) is 29.7 Å². The number of rotatable bonds is 6. The van der Waals surface area contributed by atoms with Gasteiger partial charge in [-0.1, -0.05) is 72.0 Å². The number of carbonyl (C=O) groups excluding carboxylic acids is 1. The quantitative estimate of drug-likeness (QED) is 0.257. The highest BCUT2D eigenvalue weighted by Gasteiger charge is 2.32. The van der Waals surface area contributed by atoms with E-state index in [0.717, 1.165) is 25.6 Å². The maximum atomic E-state index is 13.7. The van der Waals surface area contributed by atoms with Crippen LogP contribution >= 0.6 is 43.2 Å². The van der Waals surface area contributed by atoms with Crippen LogP contribution in [0.5, 0.6) is 5.75 Å². The molecule has 0 bridgehead atoms. The molecule has 1 atom stereocenters. The molecule has 2 heterocycles. The van der Waals surface area contributed by atoms with Gasteiger partial charge in [-0.3, -0.25) is 9.36 Å². The number of nitrogens with zero attached hydrogens (tertiary/aromatic N) is 2. The average molecular weight is 654 g/mol. The van der Waals surface area contributed by atoms with Crippen LogP contribution in [-0.2, 0) is 16.1 Å². The molecule has 5 rings (SSSR count). The fourth-order valence-electron chi connectivity index (χ4n) is 4.33. The number of aromatic nitrogens is 1. The van der Waals surface area contributed by atoms with E-state index in [1.807, 2.05) is 78.9 Å². The van der Waals surface area contributed by atoms with E-state index in [0.29, 0.717) is 33.0 Å². The average Bonchev–Trinajstić information content (AvgIpc) is 3.22. The second-order valence-electron chi connectivity index (χ2n) is 8.57. The standard InChI is InChI=1S/C29H22Br2N2O4S/c1-17-24(28(35)36-2)25(20-11-7-4-8-12-20)33-27(34)23(38-29(33)32-17)15-19-13-21(30)26(22(31)14-19)37-16-18-9-5-3-6-10-18/h3-15,25H,16H2,1-2H3/b23-15-/t25-/m0/s1. The predicted octanol–water partition coefficient (Wildman–Crippen LogP) is 5.51. The van der Waals surface area contributed by atoms with Gasteiger partial charge in [0.05, 0.1) is 37.9 Å². The van der Waals surface area contributed by atoms with Gasteiger partial charge in [-0.05, 0) is 73.7 Å². The minimum atomic E-state index is -0.630. The second kappa shape index (κ2) is 11.2. The Morgan fingerprint density at radius 1 is 1.05 bits per heavy atom. The number of methoxy groups -OCH3 is 1. The summed E-state index contributed by atoms with van der Waals surface area (Å²) >= 11 is 8.50. The number of thiazole rings is 1. The van der Waals surface area contributed by atoms with Gasteiger partial charge in [0.15, 0.2) is 4.80 Å². The molecule has 4 aromatic rings. The van der Waals surface area contributed by atoms with Crippen molar-refractivity contribution in [3.63, 3.8) is 0 Å². The number of hydrogen-bond donors (Lipinski definition) is 0. The van der Waals surface area contributed by atoms with Crippen LogP contribution in [0, 0.1) is 0 Å². The summed E-state index contributed by atoms with van der Waals surface area (Å²) in [5.74, 6) is 0.170. The molecule has 0 saturated heterocycles. The van der Waals surface area contributed by atoms with E-state index in [1.165, 1.54) is 18.4 Å². The molecule has 38 heavy (non-hydrogen) atoms. The van der Waals surface area contributed by atoms with Crippen LogP contribution in [0.25, 0.3) is 6.08 Å². The molecule has 0 saturated carbocycles. The first-order chi connectivity index (χ1) is 18.4. The Hall–Kier alpha value is -3.27. The molecule has 0 unspecified atom stereocenters. The zero-order chi connectivity index (χ0) is 26.8. The van der Waals surface area contributed by atoms with Crippen molar-refractivity contribution in [2.75, 3.05) is 7.11 Å². The SMILES string of the molecule is COC(=O)C1=C(C)N=c2s/c(=C\c3cc(Br)c(OCc4ccccc4)c(Br)c3)c(=O)n2[C@H]1c1ccccc1. The molecule has 0 amide bonds. The van der Waals surface area contributed by atoms with Crippen molar-refractivity contribution in [1.82, 2.24) is 4.57 Å². The Bertz CT molecular complexity index is 1700. The highest BCUT2D eigenvalue weighted by molar-refractivity contribution is 9.11. The summed E-state index contributed by atoms with van der Waals surface area (Å²) in [4.78, 5) is 31.6. The minimum Gasteiger partial charge on any atom is -0.487 e. The lowest BCUT2D eigenvalue weighted by atomic mass is 9.96. The van der Waals surface area contributed by atoms with E-state index in [-0.39, 0.29) is 5.56 Å². The van der Waals surface area contributed by atoms with E-state index < -0.39 is 12.0 Å². The summed E-state index contributed by atoms with van der Waals surface area (Å²) in [6.07, 6.45) is 1.82. The van der Waals surface area contributed by atoms with Crippen molar-refractivity contribution < 1.29 is 14.3 Å². The number of benzene rings is 3. The lowest BCUT2D eigenvalue weighted by molar-refractivity contribution is -0.136. The molecule has 192 valence electrons. The zero-order valence-electron chi connectivity index (χ0n) is 20.5. The van der Waals surface area contributed by atoms with Crippen LogP contribution in [-0.4, -0.2) is 17.6 Å². The highest BCUT2D eigenvalue weighted by atomic mass is 79.9. The molecule has 0 spiro atoms. The first kappa shape index (κ1) is 26.3. The Morgan fingerprint density at radius 2 is 1.68 bits per heavy atom. The summed E-state index contributed by atoms with van der Waals surface area (Å²) < 4.78 is 14.7. The van der Waals surface area contributed by atoms with Gasteiger partial charge in [0.2, 0.25) is 0 Å². The van der Waals surface area contributed by atoms with E-state index in [4.69, 9.17) is 9.47 Å². The van der Waals surface area contributed by atoms with Crippen LogP contribution in [0.3, 0.4) is 0 Å². The molecule has 0 aliphatic carbocycles. The molecule has 9 heteroatoms. The van der Waals surface area contributed by atoms with Gasteiger partial charge in [0, 0.05) is 0 Å². The number of hydrogen-bond acceptors (Lipinski definition) is 6. The molecule has 3 aromatic carbocycles. The number of allylic oxidation sites excluding steroid dienone is 1. The summed E-state index contributed by atoms with van der Waals surface area (Å²) in [7, 11) is 1.33. The van der Waals surface area contributed by atoms with Crippen LogP contribution < -0.4 is 19.6 Å². The molecule has 1 aromatic heterocycles. The number of halogens is 2. The molecule has 0 radical (unpaired) electrons. The zero-order valence-corrected chi connectivity index (χ0v) is 24.5. The molecule has 1 aliphatic rings. The largest absolute Gasteiger partial charge is 0.487 e. The Labute approximate surface area is 239 Å². The van der Waals surface area contributed by atoms with Crippen molar-refractivity contribution in [2.24, 2.45) is 4.99 Å². The molecule has 0 fully saturated rings. The van der Waals surface area contributed by atoms with Gasteiger partial charge in [-0.25, -0.2) is 9.79 Å². The van der Waals surface area contributed by atoms with Gasteiger partial charge < -0.3 is 9.47 Å². The van der Waals surface area contributed by atoms with Crippen molar-refractivity contribution in [2.45, 2.75) is 19.6 Å². The van der Waals surface area contributed by atoms with Gasteiger partial charge in [0.25, 0.3) is 5.56 Å². The van der Waals surface area contributed by atoms with Gasteiger partial charge >= 0.3 is 5.97 Å². The smallest absolute Gasteiger partial charge is 0.338 e. The van der Waals surface area contributed by atoms with Crippen LogP contribution in [0.2, 0.25) is 0 Å². The highest BCUT2D eigenvalue weighted by Crippen LogP contribution is 2.36. The third-order valence-corrected chi connectivity index (χ3v) is 8.25. The lowest BCUT2D eigenvalue weighted by Gasteiger charge is -2.24. The first-order valence-corrected chi connectivity index (χ1v) is 14.1. The van der Waals surface area contributed by atoms with Crippen molar-refractivity contribution in [3.05, 3.63) is 129 Å². The lowest BCUT2D eigenvalue weighted by Crippen LogP contribution is -2.39. The molecule has 1 aliphatic heterocycles. The van der Waals surface area contributed by atoms with Gasteiger partial charge in [-0.15, -0.1) is 0 Å². The molecular formula is C29H22Br2N2O4S. The van der Waals surface area contributed by atoms with Gasteiger partial charge in [0.1, 0.15) is 12.4 Å². The topological polar surface area (TPSA) is 69.9 Å². The Kier molecular flexibility index (Phi) is 7.78. The third-order valence-electron chi connectivity index (χ3n) is 6.09. The predicted molar refractivity (Wildman–Crippen MR) is 155 cm³/mol. The third kappa shape index (κ3) is 5.18. The van der Waals surface area contributed by atoms with Crippen LogP contribution in [0.15, 0.2) is 103 Å². The van der Waals surface area contributed by atoms with E-state index in [9.17, 15) is 9.59 Å². The summed E-state index contributed by atoms with van der Waals surface area (Å²) in [5.41, 5.74) is 3.33. The fourth-order valence-corrected chi connectivity index (χ4v) is 6.82. The van der Waals surface area contributed by atoms with Gasteiger partial charge in [-0.2, -0.15) is 0 Å². The second-order valence-corrected chi connectivity index (χ2v) is 11.3. The summed E-state index contributed by atoms with van der Waals surface area (Å²) in [6.45, 7) is 2.19. The van der Waals surface area contributed by atoms with E-state index >= 15 is 0 Å². The Balaban J connectivity index is 1.56. The minimum absolute atomic E-state index is 0.229. The normalized spacial score (nSPS) is 15.2. The fraction of sp³-hybridized carbons (Fsp3) is 0.138. The monoisotopic (exact) mass is 652 g/mol. The van der Waals surface area contributed by atoms with Crippen molar-refractivity contribution in [3.8, 4) is 5.75 Å². The first-order valence-electron chi connectivity index (χ1n) is 11.7. The maximum absolute atomic E-state index is 13.7. The molecule has 6 nitrogen and oxygen atoms in total. The van der Waals surface area contributed by atoms with Crippen molar-refractivity contribution >= 4 is 55.2 Å². The number of fused-ring (bicyclic) bond motifs is 1. The van der Waals surface area contributed by atoms with Crippen LogP contribution in [0.4, 0.5) is 0 Å². The van der Waals surface area contributed by atoms with E-state index in [1.54, 1.807) is 11.5 Å². The van der Waals surface area contributed by atoms with E-state index in [2.05, 4.69) is 36.9 Å². The number of esters is 1. The molecule has 0 N–H and O–H groups in total. The number of carbonyl (C=O) groups is 1. The van der Waals surface area contributed by atoms with Crippen molar-refractivity contribution in [1.29, 1.82) is 0 Å². The Morgan fingerprint density at radius 3 is 2.32 bits per heavy atom. The summed E-state index contributed by atoms with van der Waals surface area (Å²) in [6, 6.07) is 22.5. The molecular weight excluding hydrogens is 632 g/mol. The maximum Gasteiger partial charge on any atom is 0.338 e. The summed E-state index contributed by atoms with van der Waals surface area (Å²) in [5, 5.41) is 0.